The van der Waals surface area contributed by atoms with E-state index in [1.807, 2.05) is 0 Å². The minimum Gasteiger partial charge on any atom is -0.386 e. The fourth-order valence-corrected chi connectivity index (χ4v) is 2.15. The average molecular weight is 313 g/mol. The second-order valence-electron chi connectivity index (χ2n) is 4.67. The maximum atomic E-state index is 13.7. The van der Waals surface area contributed by atoms with E-state index >= 15 is 0 Å². The number of hydrogen-bond acceptors (Lipinski definition) is 4. The Morgan fingerprint density at radius 2 is 2.24 bits per heavy atom. The number of carbonyl (C=O) groups excluding carboxylic acids is 1. The summed E-state index contributed by atoms with van der Waals surface area (Å²) in [5.74, 6) is -0.662. The van der Waals surface area contributed by atoms with Gasteiger partial charge in [-0.3, -0.25) is 4.79 Å². The first-order valence-corrected chi connectivity index (χ1v) is 6.64. The third kappa shape index (κ3) is 3.40. The Hall–Kier alpha value is -1.92. The van der Waals surface area contributed by atoms with Crippen LogP contribution < -0.4 is 5.32 Å². The van der Waals surface area contributed by atoms with Gasteiger partial charge in [-0.05, 0) is 26.0 Å². The molecule has 21 heavy (non-hydrogen) atoms. The van der Waals surface area contributed by atoms with Gasteiger partial charge in [0.05, 0.1) is 6.04 Å². The molecular formula is C14H14ClFN2O3. The summed E-state index contributed by atoms with van der Waals surface area (Å²) in [5.41, 5.74) is 0.0366. The molecule has 2 N–H and O–H groups in total. The molecule has 2 rings (SSSR count). The lowest BCUT2D eigenvalue weighted by Crippen LogP contribution is -2.37. The predicted molar refractivity (Wildman–Crippen MR) is 74.5 cm³/mol. The molecule has 1 aromatic heterocycles. The number of hydrogen-bond donors (Lipinski definition) is 2. The molecule has 7 heteroatoms. The molecule has 0 fully saturated rings. The third-order valence-corrected chi connectivity index (χ3v) is 3.32. The highest BCUT2D eigenvalue weighted by molar-refractivity contribution is 6.31. The van der Waals surface area contributed by atoms with Crippen LogP contribution in [0.1, 0.15) is 34.8 Å². The van der Waals surface area contributed by atoms with Crippen LogP contribution in [0.15, 0.2) is 28.8 Å². The van der Waals surface area contributed by atoms with E-state index in [9.17, 15) is 14.3 Å². The topological polar surface area (TPSA) is 75.4 Å². The van der Waals surface area contributed by atoms with Gasteiger partial charge < -0.3 is 14.9 Å². The molecule has 0 spiro atoms. The first kappa shape index (κ1) is 15.5. The molecule has 0 saturated heterocycles. The zero-order valence-electron chi connectivity index (χ0n) is 11.4. The Balaban J connectivity index is 2.13. The third-order valence-electron chi connectivity index (χ3n) is 2.99. The number of carbonyl (C=O) groups is 1. The minimum absolute atomic E-state index is 0.0525. The SMILES string of the molecule is Cc1cc(C(=O)N[C@H](C)[C@H](O)c2c(F)cccc2Cl)no1. The number of aromatic nitrogens is 1. The Morgan fingerprint density at radius 1 is 1.52 bits per heavy atom. The van der Waals surface area contributed by atoms with E-state index in [-0.39, 0.29) is 16.3 Å². The summed E-state index contributed by atoms with van der Waals surface area (Å²) in [5, 5.41) is 16.4. The van der Waals surface area contributed by atoms with E-state index in [4.69, 9.17) is 16.1 Å². The van der Waals surface area contributed by atoms with Gasteiger partial charge >= 0.3 is 0 Å². The van der Waals surface area contributed by atoms with E-state index in [0.717, 1.165) is 0 Å². The molecule has 2 atom stereocenters. The summed E-state index contributed by atoms with van der Waals surface area (Å²) in [6, 6.07) is 4.81. The number of aliphatic hydroxyl groups is 1. The van der Waals surface area contributed by atoms with Crippen molar-refractivity contribution < 1.29 is 18.8 Å². The molecule has 0 saturated carbocycles. The molecule has 112 valence electrons. The standard InChI is InChI=1S/C14H14ClFN2O3/c1-7-6-11(18-21-7)14(20)17-8(2)13(19)12-9(15)4-3-5-10(12)16/h3-6,8,13,19H,1-2H3,(H,17,20)/t8-,13+/m1/s1. The predicted octanol–water partition coefficient (Wildman–Crippen LogP) is 2.63. The lowest BCUT2D eigenvalue weighted by atomic mass is 10.0. The number of nitrogens with one attached hydrogen (secondary N) is 1. The summed E-state index contributed by atoms with van der Waals surface area (Å²) in [7, 11) is 0. The molecule has 0 aliphatic heterocycles. The van der Waals surface area contributed by atoms with E-state index in [1.165, 1.54) is 31.2 Å². The smallest absolute Gasteiger partial charge is 0.273 e. The lowest BCUT2D eigenvalue weighted by molar-refractivity contribution is 0.0837. The van der Waals surface area contributed by atoms with Gasteiger partial charge in [-0.25, -0.2) is 4.39 Å². The highest BCUT2D eigenvalue weighted by atomic mass is 35.5. The van der Waals surface area contributed by atoms with Gasteiger partial charge in [-0.15, -0.1) is 0 Å². The number of halogens is 2. The van der Waals surface area contributed by atoms with Crippen LogP contribution in [0.25, 0.3) is 0 Å². The molecule has 0 bridgehead atoms. The summed E-state index contributed by atoms with van der Waals surface area (Å²) >= 11 is 5.89. The van der Waals surface area contributed by atoms with E-state index in [0.29, 0.717) is 5.76 Å². The number of rotatable bonds is 4. The molecule has 0 radical (unpaired) electrons. The molecule has 1 aromatic carbocycles. The van der Waals surface area contributed by atoms with Crippen molar-refractivity contribution in [1.82, 2.24) is 10.5 Å². The maximum Gasteiger partial charge on any atom is 0.273 e. The Labute approximate surface area is 125 Å². The molecule has 0 unspecified atom stereocenters. The molecule has 1 heterocycles. The Kier molecular flexibility index (Phi) is 4.59. The first-order valence-electron chi connectivity index (χ1n) is 6.26. The van der Waals surface area contributed by atoms with Crippen molar-refractivity contribution in [1.29, 1.82) is 0 Å². The average Bonchev–Trinajstić information content (AvgIpc) is 2.85. The molecule has 2 aromatic rings. The Bertz CT molecular complexity index is 639. The minimum atomic E-state index is -1.28. The second-order valence-corrected chi connectivity index (χ2v) is 5.07. The lowest BCUT2D eigenvalue weighted by Gasteiger charge is -2.21. The largest absolute Gasteiger partial charge is 0.386 e. The van der Waals surface area contributed by atoms with Crippen LogP contribution in [0.5, 0.6) is 0 Å². The molecule has 0 aliphatic rings. The summed E-state index contributed by atoms with van der Waals surface area (Å²) in [6.07, 6.45) is -1.28. The Morgan fingerprint density at radius 3 is 2.81 bits per heavy atom. The van der Waals surface area contributed by atoms with Crippen molar-refractivity contribution in [3.8, 4) is 0 Å². The van der Waals surface area contributed by atoms with Crippen LogP contribution in [0, 0.1) is 12.7 Å². The zero-order valence-corrected chi connectivity index (χ0v) is 12.2. The van der Waals surface area contributed by atoms with E-state index in [2.05, 4.69) is 10.5 Å². The van der Waals surface area contributed by atoms with Crippen LogP contribution in [-0.2, 0) is 0 Å². The molecular weight excluding hydrogens is 299 g/mol. The van der Waals surface area contributed by atoms with Gasteiger partial charge in [0, 0.05) is 16.7 Å². The maximum absolute atomic E-state index is 13.7. The van der Waals surface area contributed by atoms with Crippen LogP contribution in [-0.4, -0.2) is 22.2 Å². The number of amides is 1. The monoisotopic (exact) mass is 312 g/mol. The second kappa shape index (κ2) is 6.24. The van der Waals surface area contributed by atoms with Crippen LogP contribution in [0.3, 0.4) is 0 Å². The van der Waals surface area contributed by atoms with Gasteiger partial charge in [0.15, 0.2) is 5.69 Å². The van der Waals surface area contributed by atoms with Gasteiger partial charge in [0.2, 0.25) is 0 Å². The van der Waals surface area contributed by atoms with Gasteiger partial charge in [-0.2, -0.15) is 0 Å². The highest BCUT2D eigenvalue weighted by Crippen LogP contribution is 2.27. The fourth-order valence-electron chi connectivity index (χ4n) is 1.88. The zero-order chi connectivity index (χ0) is 15.6. The van der Waals surface area contributed by atoms with Crippen LogP contribution in [0.4, 0.5) is 4.39 Å². The van der Waals surface area contributed by atoms with Crippen LogP contribution >= 0.6 is 11.6 Å². The number of nitrogens with zero attached hydrogens (tertiary/aromatic N) is 1. The van der Waals surface area contributed by atoms with Gasteiger partial charge in [-0.1, -0.05) is 22.8 Å². The molecule has 5 nitrogen and oxygen atoms in total. The van der Waals surface area contributed by atoms with Crippen molar-refractivity contribution in [2.24, 2.45) is 0 Å². The van der Waals surface area contributed by atoms with Gasteiger partial charge in [0.1, 0.15) is 17.7 Å². The van der Waals surface area contributed by atoms with Crippen molar-refractivity contribution in [2.75, 3.05) is 0 Å². The van der Waals surface area contributed by atoms with Crippen molar-refractivity contribution >= 4 is 17.5 Å². The normalized spacial score (nSPS) is 13.8. The fraction of sp³-hybridized carbons (Fsp3) is 0.286. The number of benzene rings is 1. The first-order chi connectivity index (χ1) is 9.90. The summed E-state index contributed by atoms with van der Waals surface area (Å²) in [6.45, 7) is 3.19. The molecule has 0 aliphatic carbocycles. The summed E-state index contributed by atoms with van der Waals surface area (Å²) < 4.78 is 18.5. The van der Waals surface area contributed by atoms with Crippen molar-refractivity contribution in [3.05, 3.63) is 52.1 Å². The number of aryl methyl sites for hydroxylation is 1. The van der Waals surface area contributed by atoms with Gasteiger partial charge in [0.25, 0.3) is 5.91 Å². The molecule has 1 amide bonds. The highest BCUT2D eigenvalue weighted by Gasteiger charge is 2.25. The summed E-state index contributed by atoms with van der Waals surface area (Å²) in [4.78, 5) is 11.9. The van der Waals surface area contributed by atoms with Crippen molar-refractivity contribution in [3.63, 3.8) is 0 Å². The van der Waals surface area contributed by atoms with E-state index < -0.39 is 23.9 Å². The van der Waals surface area contributed by atoms with E-state index in [1.54, 1.807) is 6.92 Å². The number of aliphatic hydroxyl groups excluding tert-OH is 1. The van der Waals surface area contributed by atoms with Crippen molar-refractivity contribution in [2.45, 2.75) is 26.0 Å². The quantitative estimate of drug-likeness (QED) is 0.910. The van der Waals surface area contributed by atoms with Crippen LogP contribution in [0.2, 0.25) is 5.02 Å².